The number of thioether (sulfide) groups is 1. The van der Waals surface area contributed by atoms with Crippen molar-refractivity contribution < 1.29 is 9.13 Å². The topological polar surface area (TPSA) is 46.2 Å². The van der Waals surface area contributed by atoms with Crippen LogP contribution in [0.25, 0.3) is 11.3 Å². The number of aromatic nitrogens is 1. The third-order valence-corrected chi connectivity index (χ3v) is 6.51. The van der Waals surface area contributed by atoms with Gasteiger partial charge in [0, 0.05) is 34.2 Å². The highest BCUT2D eigenvalue weighted by Gasteiger charge is 2.20. The SMILES string of the molecule is C=C(NCCCCCNc1nc2c(s1)CCSc1ccc(F)cc1-2)OC(C)(C)C. The number of unbranched alkanes of at least 4 members (excludes halogenated alkanes) is 2. The van der Waals surface area contributed by atoms with Crippen molar-refractivity contribution in [3.05, 3.63) is 41.4 Å². The van der Waals surface area contributed by atoms with Crippen LogP contribution >= 0.6 is 23.1 Å². The third-order valence-electron chi connectivity index (χ3n) is 4.36. The Labute approximate surface area is 181 Å². The van der Waals surface area contributed by atoms with Crippen LogP contribution in [-0.2, 0) is 11.2 Å². The molecule has 1 aromatic carbocycles. The van der Waals surface area contributed by atoms with Crippen LogP contribution in [0.4, 0.5) is 9.52 Å². The predicted octanol–water partition coefficient (Wildman–Crippen LogP) is 6.06. The fourth-order valence-electron chi connectivity index (χ4n) is 3.13. The first-order valence-electron chi connectivity index (χ1n) is 10.1. The Kier molecular flexibility index (Phi) is 7.46. The average Bonchev–Trinajstić information content (AvgIpc) is 2.96. The van der Waals surface area contributed by atoms with E-state index >= 15 is 0 Å². The quantitative estimate of drug-likeness (QED) is 0.370. The number of thiazole rings is 1. The molecular weight excluding hydrogens is 405 g/mol. The molecule has 29 heavy (non-hydrogen) atoms. The van der Waals surface area contributed by atoms with Gasteiger partial charge in [-0.25, -0.2) is 9.37 Å². The van der Waals surface area contributed by atoms with Crippen LogP contribution in [0, 0.1) is 5.82 Å². The molecule has 1 aliphatic heterocycles. The summed E-state index contributed by atoms with van der Waals surface area (Å²) in [5, 5.41) is 7.60. The van der Waals surface area contributed by atoms with E-state index in [0.717, 1.165) is 65.8 Å². The molecule has 2 heterocycles. The number of nitrogens with one attached hydrogen (secondary N) is 2. The Hall–Kier alpha value is -1.73. The van der Waals surface area contributed by atoms with Gasteiger partial charge in [0.15, 0.2) is 11.0 Å². The maximum atomic E-state index is 13.7. The van der Waals surface area contributed by atoms with Crippen LogP contribution in [0.2, 0.25) is 0 Å². The Morgan fingerprint density at radius 3 is 2.83 bits per heavy atom. The molecule has 0 fully saturated rings. The van der Waals surface area contributed by atoms with E-state index in [4.69, 9.17) is 9.72 Å². The number of aryl methyl sites for hydroxylation is 1. The zero-order chi connectivity index (χ0) is 20.9. The zero-order valence-corrected chi connectivity index (χ0v) is 19.1. The van der Waals surface area contributed by atoms with E-state index in [1.807, 2.05) is 26.8 Å². The maximum Gasteiger partial charge on any atom is 0.183 e. The molecule has 3 rings (SSSR count). The Morgan fingerprint density at radius 2 is 2.03 bits per heavy atom. The monoisotopic (exact) mass is 435 g/mol. The molecule has 158 valence electrons. The van der Waals surface area contributed by atoms with Crippen LogP contribution in [-0.4, -0.2) is 29.4 Å². The largest absolute Gasteiger partial charge is 0.474 e. The van der Waals surface area contributed by atoms with Crippen LogP contribution < -0.4 is 10.6 Å². The second-order valence-corrected chi connectivity index (χ2v) is 10.3. The van der Waals surface area contributed by atoms with Crippen molar-refractivity contribution in [1.82, 2.24) is 10.3 Å². The van der Waals surface area contributed by atoms with Gasteiger partial charge in [-0.3, -0.25) is 0 Å². The van der Waals surface area contributed by atoms with Gasteiger partial charge in [0.25, 0.3) is 0 Å². The molecule has 2 aromatic rings. The van der Waals surface area contributed by atoms with E-state index in [-0.39, 0.29) is 11.4 Å². The highest BCUT2D eigenvalue weighted by molar-refractivity contribution is 7.99. The lowest BCUT2D eigenvalue weighted by Gasteiger charge is -2.23. The summed E-state index contributed by atoms with van der Waals surface area (Å²) >= 11 is 3.47. The second kappa shape index (κ2) is 9.85. The van der Waals surface area contributed by atoms with E-state index in [9.17, 15) is 4.39 Å². The molecule has 0 saturated carbocycles. The van der Waals surface area contributed by atoms with E-state index in [2.05, 4.69) is 17.2 Å². The summed E-state index contributed by atoms with van der Waals surface area (Å²) in [6.07, 6.45) is 4.21. The molecule has 0 amide bonds. The summed E-state index contributed by atoms with van der Waals surface area (Å²) < 4.78 is 19.4. The van der Waals surface area contributed by atoms with Crippen molar-refractivity contribution in [2.24, 2.45) is 0 Å². The summed E-state index contributed by atoms with van der Waals surface area (Å²) in [4.78, 5) is 7.13. The molecule has 0 unspecified atom stereocenters. The number of fused-ring (bicyclic) bond motifs is 3. The summed E-state index contributed by atoms with van der Waals surface area (Å²) in [6, 6.07) is 5.01. The first kappa shape index (κ1) is 22.0. The highest BCUT2D eigenvalue weighted by Crippen LogP contribution is 2.41. The fourth-order valence-corrected chi connectivity index (χ4v) is 5.26. The van der Waals surface area contributed by atoms with Gasteiger partial charge in [-0.1, -0.05) is 0 Å². The van der Waals surface area contributed by atoms with E-state index in [0.29, 0.717) is 5.88 Å². The molecule has 0 saturated heterocycles. The number of hydrogen-bond acceptors (Lipinski definition) is 6. The number of ether oxygens (including phenoxy) is 1. The van der Waals surface area contributed by atoms with E-state index in [1.165, 1.54) is 10.9 Å². The second-order valence-electron chi connectivity index (χ2n) is 8.08. The standard InChI is InChI=1S/C22H30FN3OS2/c1-15(27-22(2,3)4)24-11-6-5-7-12-25-21-26-20-17-14-16(23)8-9-18(17)28-13-10-19(20)29-21/h8-9,14,24H,1,5-7,10-13H2,2-4H3,(H,25,26). The number of rotatable bonds is 9. The predicted molar refractivity (Wildman–Crippen MR) is 122 cm³/mol. The molecule has 0 radical (unpaired) electrons. The van der Waals surface area contributed by atoms with Crippen molar-refractivity contribution >= 4 is 28.2 Å². The molecular formula is C22H30FN3OS2. The smallest absolute Gasteiger partial charge is 0.183 e. The van der Waals surface area contributed by atoms with Crippen LogP contribution in [0.15, 0.2) is 35.6 Å². The molecule has 1 aliphatic rings. The molecule has 1 aromatic heterocycles. The van der Waals surface area contributed by atoms with E-state index < -0.39 is 0 Å². The lowest BCUT2D eigenvalue weighted by Crippen LogP contribution is -2.25. The van der Waals surface area contributed by atoms with E-state index in [1.54, 1.807) is 29.2 Å². The summed E-state index contributed by atoms with van der Waals surface area (Å²) in [6.45, 7) is 11.7. The number of benzene rings is 1. The van der Waals surface area contributed by atoms with Crippen molar-refractivity contribution in [3.63, 3.8) is 0 Å². The van der Waals surface area contributed by atoms with Gasteiger partial charge in [-0.05, 0) is 71.2 Å². The fraction of sp³-hybridized carbons (Fsp3) is 0.500. The normalized spacial score (nSPS) is 13.2. The highest BCUT2D eigenvalue weighted by atomic mass is 32.2. The van der Waals surface area contributed by atoms with Crippen LogP contribution in [0.3, 0.4) is 0 Å². The van der Waals surface area contributed by atoms with Crippen LogP contribution in [0.1, 0.15) is 44.9 Å². The average molecular weight is 436 g/mol. The molecule has 7 heteroatoms. The molecule has 2 N–H and O–H groups in total. The Balaban J connectivity index is 1.42. The molecule has 0 bridgehead atoms. The lowest BCUT2D eigenvalue weighted by atomic mass is 10.1. The Morgan fingerprint density at radius 1 is 1.24 bits per heavy atom. The van der Waals surface area contributed by atoms with Crippen molar-refractivity contribution in [2.75, 3.05) is 24.2 Å². The molecule has 4 nitrogen and oxygen atoms in total. The number of anilines is 1. The summed E-state index contributed by atoms with van der Waals surface area (Å²) in [5.74, 6) is 1.43. The van der Waals surface area contributed by atoms with Gasteiger partial charge >= 0.3 is 0 Å². The Bertz CT molecular complexity index is 845. The lowest BCUT2D eigenvalue weighted by molar-refractivity contribution is 0.0415. The molecule has 0 spiro atoms. The molecule has 0 atom stereocenters. The minimum absolute atomic E-state index is 0.205. The van der Waals surface area contributed by atoms with Crippen molar-refractivity contribution in [1.29, 1.82) is 0 Å². The van der Waals surface area contributed by atoms with Crippen molar-refractivity contribution in [3.8, 4) is 11.3 Å². The van der Waals surface area contributed by atoms with Gasteiger partial charge < -0.3 is 15.4 Å². The van der Waals surface area contributed by atoms with Gasteiger partial charge in [-0.15, -0.1) is 23.1 Å². The zero-order valence-electron chi connectivity index (χ0n) is 17.4. The van der Waals surface area contributed by atoms with Gasteiger partial charge in [0.2, 0.25) is 0 Å². The third kappa shape index (κ3) is 6.64. The van der Waals surface area contributed by atoms with Gasteiger partial charge in [-0.2, -0.15) is 0 Å². The minimum atomic E-state index is -0.217. The number of nitrogens with zero attached hydrogens (tertiary/aromatic N) is 1. The van der Waals surface area contributed by atoms with Gasteiger partial charge in [0.05, 0.1) is 5.69 Å². The molecule has 0 aliphatic carbocycles. The van der Waals surface area contributed by atoms with Crippen LogP contribution in [0.5, 0.6) is 0 Å². The minimum Gasteiger partial charge on any atom is -0.474 e. The van der Waals surface area contributed by atoms with Crippen molar-refractivity contribution in [2.45, 2.75) is 57.0 Å². The number of hydrogen-bond donors (Lipinski definition) is 2. The maximum absolute atomic E-state index is 13.7. The summed E-state index contributed by atoms with van der Waals surface area (Å²) in [7, 11) is 0. The number of halogens is 1. The summed E-state index contributed by atoms with van der Waals surface area (Å²) in [5.41, 5.74) is 1.65. The van der Waals surface area contributed by atoms with Gasteiger partial charge in [0.1, 0.15) is 11.4 Å². The first-order chi connectivity index (χ1) is 13.8. The first-order valence-corrected chi connectivity index (χ1v) is 11.9.